The number of hydrogen-bond donors (Lipinski definition) is 2. The third-order valence-corrected chi connectivity index (χ3v) is 4.93. The van der Waals surface area contributed by atoms with E-state index in [1.54, 1.807) is 6.07 Å². The van der Waals surface area contributed by atoms with E-state index < -0.39 is 10.0 Å². The minimum absolute atomic E-state index is 0.0206. The molecular formula is C14H23N3O2S. The first kappa shape index (κ1) is 15.3. The Labute approximate surface area is 121 Å². The zero-order valence-electron chi connectivity index (χ0n) is 12.1. The number of pyridine rings is 1. The lowest BCUT2D eigenvalue weighted by Gasteiger charge is -2.14. The lowest BCUT2D eigenvalue weighted by atomic mass is 10.2. The average Bonchev–Trinajstić information content (AvgIpc) is 3.20. The highest BCUT2D eigenvalue weighted by atomic mass is 32.2. The Morgan fingerprint density at radius 1 is 1.45 bits per heavy atom. The zero-order valence-corrected chi connectivity index (χ0v) is 12.9. The fraction of sp³-hybridized carbons (Fsp3) is 0.643. The molecule has 6 heteroatoms. The Balaban J connectivity index is 2.03. The average molecular weight is 297 g/mol. The lowest BCUT2D eigenvalue weighted by Crippen LogP contribution is -2.33. The van der Waals surface area contributed by atoms with Gasteiger partial charge in [-0.25, -0.2) is 18.1 Å². The smallest absolute Gasteiger partial charge is 0.240 e. The maximum absolute atomic E-state index is 12.3. The monoisotopic (exact) mass is 297 g/mol. The summed E-state index contributed by atoms with van der Waals surface area (Å²) >= 11 is 0. The van der Waals surface area contributed by atoms with Crippen LogP contribution in [-0.4, -0.2) is 26.0 Å². The van der Waals surface area contributed by atoms with E-state index in [0.29, 0.717) is 11.7 Å². The number of sulfonamides is 1. The van der Waals surface area contributed by atoms with Crippen molar-refractivity contribution in [2.45, 2.75) is 50.5 Å². The van der Waals surface area contributed by atoms with E-state index in [4.69, 9.17) is 0 Å². The number of anilines is 1. The van der Waals surface area contributed by atoms with Crippen LogP contribution in [0.5, 0.6) is 0 Å². The quantitative estimate of drug-likeness (QED) is 0.773. The second-order valence-electron chi connectivity index (χ2n) is 5.50. The van der Waals surface area contributed by atoms with Gasteiger partial charge in [0.2, 0.25) is 10.0 Å². The normalized spacial score (nSPS) is 16.9. The Hall–Kier alpha value is -1.14. The topological polar surface area (TPSA) is 71.1 Å². The molecule has 1 aromatic heterocycles. The van der Waals surface area contributed by atoms with Gasteiger partial charge in [0.15, 0.2) is 0 Å². The van der Waals surface area contributed by atoms with Crippen molar-refractivity contribution in [1.29, 1.82) is 0 Å². The molecule has 1 heterocycles. The predicted molar refractivity (Wildman–Crippen MR) is 80.1 cm³/mol. The van der Waals surface area contributed by atoms with Crippen LogP contribution < -0.4 is 10.0 Å². The van der Waals surface area contributed by atoms with Crippen LogP contribution in [0.15, 0.2) is 23.2 Å². The van der Waals surface area contributed by atoms with Crippen LogP contribution in [0, 0.1) is 5.92 Å². The van der Waals surface area contributed by atoms with Gasteiger partial charge < -0.3 is 5.32 Å². The molecule has 0 amide bonds. The molecule has 0 aromatic carbocycles. The molecule has 112 valence electrons. The van der Waals surface area contributed by atoms with Crippen molar-refractivity contribution in [3.05, 3.63) is 18.3 Å². The molecule has 1 unspecified atom stereocenters. The van der Waals surface area contributed by atoms with Crippen LogP contribution in [0.1, 0.15) is 39.5 Å². The molecule has 0 saturated heterocycles. The van der Waals surface area contributed by atoms with Crippen LogP contribution in [0.25, 0.3) is 0 Å². The standard InChI is InChI=1S/C14H23N3O2S/c1-3-7-15-14-10-13(6-8-16-14)20(18,19)17-11(2)9-12-4-5-12/h6,8,10-12,17H,3-5,7,9H2,1-2H3,(H,15,16). The van der Waals surface area contributed by atoms with Crippen molar-refractivity contribution in [1.82, 2.24) is 9.71 Å². The minimum Gasteiger partial charge on any atom is -0.370 e. The number of nitrogens with zero attached hydrogens (tertiary/aromatic N) is 1. The maximum Gasteiger partial charge on any atom is 0.240 e. The van der Waals surface area contributed by atoms with Gasteiger partial charge in [-0.1, -0.05) is 19.8 Å². The van der Waals surface area contributed by atoms with Crippen LogP contribution in [-0.2, 0) is 10.0 Å². The van der Waals surface area contributed by atoms with E-state index in [2.05, 4.69) is 21.9 Å². The highest BCUT2D eigenvalue weighted by Crippen LogP contribution is 2.33. The number of nitrogens with one attached hydrogen (secondary N) is 2. The molecule has 2 rings (SSSR count). The second-order valence-corrected chi connectivity index (χ2v) is 7.22. The Bertz CT molecular complexity index is 541. The molecule has 0 aliphatic heterocycles. The summed E-state index contributed by atoms with van der Waals surface area (Å²) in [4.78, 5) is 4.40. The van der Waals surface area contributed by atoms with E-state index >= 15 is 0 Å². The lowest BCUT2D eigenvalue weighted by molar-refractivity contribution is 0.530. The molecule has 0 bridgehead atoms. The Morgan fingerprint density at radius 2 is 2.20 bits per heavy atom. The van der Waals surface area contributed by atoms with Gasteiger partial charge in [0.05, 0.1) is 4.90 Å². The summed E-state index contributed by atoms with van der Waals surface area (Å²) in [7, 11) is -3.45. The number of hydrogen-bond acceptors (Lipinski definition) is 4. The number of aromatic nitrogens is 1. The minimum atomic E-state index is -3.45. The van der Waals surface area contributed by atoms with Crippen LogP contribution in [0.3, 0.4) is 0 Å². The van der Waals surface area contributed by atoms with Gasteiger partial charge >= 0.3 is 0 Å². The largest absolute Gasteiger partial charge is 0.370 e. The van der Waals surface area contributed by atoms with Crippen molar-refractivity contribution < 1.29 is 8.42 Å². The van der Waals surface area contributed by atoms with E-state index in [0.717, 1.165) is 19.4 Å². The highest BCUT2D eigenvalue weighted by molar-refractivity contribution is 7.89. The molecule has 1 atom stereocenters. The van der Waals surface area contributed by atoms with E-state index in [1.165, 1.54) is 25.1 Å². The predicted octanol–water partition coefficient (Wildman–Crippen LogP) is 2.37. The summed E-state index contributed by atoms with van der Waals surface area (Å²) < 4.78 is 27.4. The molecule has 1 aliphatic carbocycles. The molecule has 20 heavy (non-hydrogen) atoms. The Kier molecular flexibility index (Phi) is 4.99. The van der Waals surface area contributed by atoms with Crippen molar-refractivity contribution in [3.63, 3.8) is 0 Å². The van der Waals surface area contributed by atoms with Crippen LogP contribution in [0.4, 0.5) is 5.82 Å². The molecule has 1 saturated carbocycles. The summed E-state index contributed by atoms with van der Waals surface area (Å²) in [6.07, 6.45) is 5.87. The summed E-state index contributed by atoms with van der Waals surface area (Å²) in [6.45, 7) is 4.75. The van der Waals surface area contributed by atoms with Crippen molar-refractivity contribution >= 4 is 15.8 Å². The van der Waals surface area contributed by atoms with Crippen molar-refractivity contribution in [2.24, 2.45) is 5.92 Å². The number of rotatable bonds is 8. The maximum atomic E-state index is 12.3. The van der Waals surface area contributed by atoms with E-state index in [9.17, 15) is 8.42 Å². The van der Waals surface area contributed by atoms with Crippen LogP contribution >= 0.6 is 0 Å². The van der Waals surface area contributed by atoms with Crippen LogP contribution in [0.2, 0.25) is 0 Å². The first-order valence-corrected chi connectivity index (χ1v) is 8.72. The Morgan fingerprint density at radius 3 is 2.85 bits per heavy atom. The summed E-state index contributed by atoms with van der Waals surface area (Å²) in [5, 5.41) is 3.10. The molecule has 0 spiro atoms. The highest BCUT2D eigenvalue weighted by Gasteiger charge is 2.26. The third-order valence-electron chi connectivity index (χ3n) is 3.34. The van der Waals surface area contributed by atoms with Gasteiger partial charge in [-0.05, 0) is 31.7 Å². The molecular weight excluding hydrogens is 274 g/mol. The van der Waals surface area contributed by atoms with Crippen molar-refractivity contribution in [3.8, 4) is 0 Å². The molecule has 1 aromatic rings. The summed E-state index contributed by atoms with van der Waals surface area (Å²) in [6, 6.07) is 3.10. The fourth-order valence-corrected chi connectivity index (χ4v) is 3.43. The molecule has 0 radical (unpaired) electrons. The molecule has 1 aliphatic rings. The van der Waals surface area contributed by atoms with Gasteiger partial charge in [-0.2, -0.15) is 0 Å². The summed E-state index contributed by atoms with van der Waals surface area (Å²) in [5.74, 6) is 1.30. The van der Waals surface area contributed by atoms with Gasteiger partial charge in [0.25, 0.3) is 0 Å². The van der Waals surface area contributed by atoms with Crippen molar-refractivity contribution in [2.75, 3.05) is 11.9 Å². The van der Waals surface area contributed by atoms with E-state index in [1.807, 2.05) is 6.92 Å². The first-order valence-electron chi connectivity index (χ1n) is 7.23. The second kappa shape index (κ2) is 6.54. The molecule has 5 nitrogen and oxygen atoms in total. The summed E-state index contributed by atoms with van der Waals surface area (Å²) in [5.41, 5.74) is 0. The van der Waals surface area contributed by atoms with Gasteiger partial charge in [0.1, 0.15) is 5.82 Å². The zero-order chi connectivity index (χ0) is 14.6. The molecule has 2 N–H and O–H groups in total. The van der Waals surface area contributed by atoms with Gasteiger partial charge in [-0.15, -0.1) is 0 Å². The molecule has 1 fully saturated rings. The van der Waals surface area contributed by atoms with E-state index in [-0.39, 0.29) is 10.9 Å². The van der Waals surface area contributed by atoms with Gasteiger partial charge in [-0.3, -0.25) is 0 Å². The third kappa shape index (κ3) is 4.45. The fourth-order valence-electron chi connectivity index (χ4n) is 2.16. The first-order chi connectivity index (χ1) is 9.51. The van der Waals surface area contributed by atoms with Gasteiger partial charge in [0, 0.05) is 24.8 Å². The SMILES string of the molecule is CCCNc1cc(S(=O)(=O)NC(C)CC2CC2)ccn1.